The van der Waals surface area contributed by atoms with E-state index in [4.69, 9.17) is 53.2 Å². The fraction of sp³-hybridized carbons (Fsp3) is 0.538. The fourth-order valence-electron chi connectivity index (χ4n) is 9.10. The lowest BCUT2D eigenvalue weighted by Gasteiger charge is -2.42. The third-order valence-corrected chi connectivity index (χ3v) is 14.6. The van der Waals surface area contributed by atoms with Crippen molar-refractivity contribution in [2.24, 2.45) is 17.6 Å². The number of amides is 7. The third-order valence-electron chi connectivity index (χ3n) is 13.9. The fourth-order valence-corrected chi connectivity index (χ4v) is 9.54. The molecule has 2 fully saturated rings. The third kappa shape index (κ3) is 14.9. The number of nitrogens with one attached hydrogen (secondary N) is 6. The van der Waals surface area contributed by atoms with E-state index in [0.717, 1.165) is 16.0 Å². The van der Waals surface area contributed by atoms with Crippen molar-refractivity contribution in [1.29, 1.82) is 0 Å². The first-order valence-electron chi connectivity index (χ1n) is 24.9. The maximum Gasteiger partial charge on any atom is 0.409 e. The van der Waals surface area contributed by atoms with Gasteiger partial charge in [-0.15, -0.1) is 0 Å². The molecule has 3 heterocycles. The number of hydrogen-bond acceptors (Lipinski definition) is 14. The van der Waals surface area contributed by atoms with E-state index in [9.17, 15) is 38.7 Å². The van der Waals surface area contributed by atoms with E-state index in [1.165, 1.54) is 64.4 Å². The van der Waals surface area contributed by atoms with Crippen LogP contribution in [0.4, 0.5) is 21.0 Å². The molecule has 2 aromatic carbocycles. The highest BCUT2D eigenvalue weighted by atomic mass is 35.5. The molecule has 3 aliphatic rings. The molecule has 0 radical (unpaired) electrons. The second-order valence-corrected chi connectivity index (χ2v) is 20.6. The predicted molar refractivity (Wildman–Crippen MR) is 288 cm³/mol. The van der Waals surface area contributed by atoms with E-state index in [-0.39, 0.29) is 46.7 Å². The van der Waals surface area contributed by atoms with Crippen LogP contribution in [-0.4, -0.2) is 153 Å². The molecular weight excluding hydrogens is 1030 g/mol. The summed E-state index contributed by atoms with van der Waals surface area (Å²) in [5.41, 5.74) is 4.37. The second-order valence-electron chi connectivity index (χ2n) is 19.8. The minimum absolute atomic E-state index is 0.116. The molecule has 7 amide bonds. The van der Waals surface area contributed by atoms with E-state index >= 15 is 0 Å². The zero-order valence-electron chi connectivity index (χ0n) is 44.7. The van der Waals surface area contributed by atoms with Gasteiger partial charge in [0.25, 0.3) is 5.91 Å². The van der Waals surface area contributed by atoms with Gasteiger partial charge in [0.15, 0.2) is 10.8 Å². The number of carbonyl (C=O) groups is 7. The average Bonchev–Trinajstić information content (AvgIpc) is 4.07. The molecule has 24 heteroatoms. The highest BCUT2D eigenvalue weighted by molar-refractivity contribution is 7.80. The summed E-state index contributed by atoms with van der Waals surface area (Å²) in [7, 11) is 7.42. The molecule has 76 heavy (non-hydrogen) atoms. The number of fused-ring (bicyclic) bond motifs is 5. The molecule has 2 saturated heterocycles. The van der Waals surface area contributed by atoms with Gasteiger partial charge < -0.3 is 70.9 Å². The maximum absolute atomic E-state index is 14.4. The number of anilines is 2. The number of thiocarbonyl (C=S) groups is 1. The van der Waals surface area contributed by atoms with Crippen molar-refractivity contribution in [2.45, 2.75) is 128 Å². The first kappa shape index (κ1) is 60.3. The molecule has 0 saturated carbocycles. The Morgan fingerprint density at radius 2 is 1.76 bits per heavy atom. The molecule has 10 atom stereocenters. The summed E-state index contributed by atoms with van der Waals surface area (Å²) in [6.45, 7) is 10.6. The summed E-state index contributed by atoms with van der Waals surface area (Å²) in [6.07, 6.45) is 0.624. The van der Waals surface area contributed by atoms with Gasteiger partial charge in [-0.25, -0.2) is 14.4 Å². The van der Waals surface area contributed by atoms with Crippen molar-refractivity contribution in [3.8, 4) is 5.75 Å². The number of aliphatic hydroxyl groups is 1. The number of hydrogen-bond donors (Lipinski definition) is 8. The van der Waals surface area contributed by atoms with E-state index in [2.05, 4.69) is 31.9 Å². The van der Waals surface area contributed by atoms with Gasteiger partial charge >= 0.3 is 18.1 Å². The molecule has 4 bridgehead atoms. The van der Waals surface area contributed by atoms with Crippen molar-refractivity contribution in [3.05, 3.63) is 76.3 Å². The van der Waals surface area contributed by atoms with Crippen LogP contribution in [-0.2, 0) is 44.5 Å². The molecule has 5 rings (SSSR count). The quantitative estimate of drug-likeness (QED) is 0.0513. The molecule has 22 nitrogen and oxygen atoms in total. The number of primary amides is 1. The summed E-state index contributed by atoms with van der Waals surface area (Å²) in [5, 5.41) is 28.5. The van der Waals surface area contributed by atoms with Gasteiger partial charge in [-0.3, -0.25) is 24.5 Å². The van der Waals surface area contributed by atoms with Gasteiger partial charge in [0.2, 0.25) is 17.7 Å². The van der Waals surface area contributed by atoms with E-state index in [1.807, 2.05) is 26.8 Å². The summed E-state index contributed by atoms with van der Waals surface area (Å²) in [5.74, 6) is -3.53. The first-order chi connectivity index (χ1) is 35.8. The van der Waals surface area contributed by atoms with Gasteiger partial charge in [-0.2, -0.15) is 0 Å². The molecule has 416 valence electrons. The zero-order chi connectivity index (χ0) is 56.4. The molecular formula is C52H72ClN9O13S. The van der Waals surface area contributed by atoms with Crippen LogP contribution in [0.5, 0.6) is 5.75 Å². The van der Waals surface area contributed by atoms with Crippen molar-refractivity contribution in [1.82, 2.24) is 31.5 Å². The van der Waals surface area contributed by atoms with Crippen LogP contribution in [0.3, 0.4) is 0 Å². The Bertz CT molecular complexity index is 2570. The van der Waals surface area contributed by atoms with Crippen LogP contribution in [0.15, 0.2) is 60.2 Å². The monoisotopic (exact) mass is 1100 g/mol. The average molecular weight is 1100 g/mol. The van der Waals surface area contributed by atoms with Gasteiger partial charge in [-0.05, 0) is 100 Å². The van der Waals surface area contributed by atoms with Crippen molar-refractivity contribution >= 4 is 82.0 Å². The highest BCUT2D eigenvalue weighted by Gasteiger charge is 2.64. The molecule has 9 N–H and O–H groups in total. The minimum atomic E-state index is -1.90. The van der Waals surface area contributed by atoms with Gasteiger partial charge in [0.05, 0.1) is 25.3 Å². The summed E-state index contributed by atoms with van der Waals surface area (Å²) >= 11 is 12.0. The second kappa shape index (κ2) is 26.0. The van der Waals surface area contributed by atoms with Crippen LogP contribution in [0.1, 0.15) is 83.1 Å². The van der Waals surface area contributed by atoms with Crippen LogP contribution in [0, 0.1) is 11.8 Å². The number of halogens is 1. The largest absolute Gasteiger partial charge is 0.495 e. The number of ether oxygens (including phenoxy) is 5. The number of benzene rings is 2. The van der Waals surface area contributed by atoms with Crippen LogP contribution in [0.2, 0.25) is 5.02 Å². The van der Waals surface area contributed by atoms with Crippen molar-refractivity contribution in [3.63, 3.8) is 0 Å². The topological polar surface area (TPSA) is 294 Å². The zero-order valence-corrected chi connectivity index (χ0v) is 46.3. The van der Waals surface area contributed by atoms with Crippen LogP contribution in [0.25, 0.3) is 0 Å². The lowest BCUT2D eigenvalue weighted by Crippen LogP contribution is -2.63. The number of nitrogens with two attached hydrogens (primary N) is 1. The standard InChI is InChI=1S/C52H72ClN9O13S/c1-27(2)42(59-49(76)55-7)45(65)58-34(15-13-21-56-48(54)68)44(64)57-33-19-17-32(18-20-33)46(66)61(8)30(5)47(67)74-39-25-40(63)62(9)35-23-31(24-36(71-10)41(35)53)22-28(3)14-12-16-38(72-11)52(70)26-37(73-50(69)60-52)29(4)43-51(39,6)75-43/h12,14,16-20,23-24,27,29-30,34,37-39,42-43,70H,13,15,21-22,25-26H2,1-11H3,(H,57,64)(H,58,65)(H,60,69)(H3,54,56,68)(H2,55,59,76)/b16-12+,28-14+/t29-,30+,34+,37+,38-,39+,42+,43+,51+,52+/m1/s1. The Kier molecular flexibility index (Phi) is 20.6. The summed E-state index contributed by atoms with van der Waals surface area (Å²) < 4.78 is 29.5. The first-order valence-corrected chi connectivity index (χ1v) is 25.6. The van der Waals surface area contributed by atoms with Crippen LogP contribution >= 0.6 is 23.8 Å². The van der Waals surface area contributed by atoms with Gasteiger partial charge in [0.1, 0.15) is 52.8 Å². The SMILES string of the molecule is CNC(=S)N[C@H](C(=O)N[C@@H](CCCNC(N)=O)C(=O)Nc1ccc(C(=O)N(C)[C@@H](C)C(=O)O[C@H]2CC(=O)N(C)c3cc(cc(OC)c3Cl)C/C(C)=C/C=C/[C@@H](OC)[C@@]3(O)C[C@H](OC(=O)N3)[C@@H](C)[C@@H]3O[C@@]23C)cc1)C(C)C. The van der Waals surface area contributed by atoms with Crippen LogP contribution < -0.4 is 47.3 Å². The number of urea groups is 1. The number of methoxy groups -OCH3 is 2. The van der Waals surface area contributed by atoms with Gasteiger partial charge in [0, 0.05) is 58.4 Å². The maximum atomic E-state index is 14.4. The number of rotatable bonds is 16. The Balaban J connectivity index is 1.37. The molecule has 3 aliphatic heterocycles. The lowest BCUT2D eigenvalue weighted by atomic mass is 9.83. The normalized spacial score (nSPS) is 25.8. The minimum Gasteiger partial charge on any atom is -0.495 e. The van der Waals surface area contributed by atoms with E-state index in [1.54, 1.807) is 45.2 Å². The van der Waals surface area contributed by atoms with E-state index < -0.39 is 108 Å². The molecule has 0 aliphatic carbocycles. The molecule has 0 unspecified atom stereocenters. The summed E-state index contributed by atoms with van der Waals surface area (Å²) in [6, 6.07) is 5.61. The Labute approximate surface area is 453 Å². The number of alkyl carbamates (subject to hydrolysis) is 1. The number of likely N-dealkylation sites (N-methyl/N-ethyl adjacent to an activating group) is 1. The Morgan fingerprint density at radius 3 is 2.38 bits per heavy atom. The molecule has 0 aromatic heterocycles. The van der Waals surface area contributed by atoms with E-state index in [0.29, 0.717) is 24.3 Å². The number of carbonyl (C=O) groups excluding carboxylic acids is 7. The number of nitrogens with zero attached hydrogens (tertiary/aromatic N) is 2. The Morgan fingerprint density at radius 1 is 1.08 bits per heavy atom. The van der Waals surface area contributed by atoms with Crippen molar-refractivity contribution < 1.29 is 62.4 Å². The Hall–Kier alpha value is -6.53. The number of esters is 1. The van der Waals surface area contributed by atoms with Gasteiger partial charge in [-0.1, -0.05) is 56.2 Å². The van der Waals surface area contributed by atoms with Crippen molar-refractivity contribution in [2.75, 3.05) is 52.1 Å². The highest BCUT2D eigenvalue weighted by Crippen LogP contribution is 2.49. The number of allylic oxidation sites excluding steroid dienone is 3. The number of epoxide rings is 1. The predicted octanol–water partition coefficient (Wildman–Crippen LogP) is 3.82. The smallest absolute Gasteiger partial charge is 0.409 e. The molecule has 2 aromatic rings. The summed E-state index contributed by atoms with van der Waals surface area (Å²) in [4.78, 5) is 96.6. The molecule has 0 spiro atoms. The lowest BCUT2D eigenvalue weighted by molar-refractivity contribution is -0.158.